The summed E-state index contributed by atoms with van der Waals surface area (Å²) in [7, 11) is 4.14. The van der Waals surface area contributed by atoms with E-state index in [0.29, 0.717) is 11.9 Å². The van der Waals surface area contributed by atoms with Crippen LogP contribution in [0.5, 0.6) is 0 Å². The second-order valence-electron chi connectivity index (χ2n) is 6.20. The maximum atomic E-state index is 13.0. The molecular formula is C13H23N7O. The number of tetrazole rings is 1. The largest absolute Gasteiger partial charge is 0.329 e. The van der Waals surface area contributed by atoms with Crippen LogP contribution in [0.4, 0.5) is 0 Å². The highest BCUT2D eigenvalue weighted by molar-refractivity contribution is 5.80. The molecule has 1 N–H and O–H groups in total. The molecule has 0 aromatic carbocycles. The first-order valence-corrected chi connectivity index (χ1v) is 7.50. The molecule has 0 bridgehead atoms. The number of aromatic amines is 1. The molecule has 1 aromatic rings. The summed E-state index contributed by atoms with van der Waals surface area (Å²) in [6, 6.07) is 0.191. The highest BCUT2D eigenvalue weighted by Gasteiger charge is 2.40. The van der Waals surface area contributed by atoms with Crippen LogP contribution >= 0.6 is 0 Å². The number of aromatic nitrogens is 4. The van der Waals surface area contributed by atoms with Crippen molar-refractivity contribution in [1.29, 1.82) is 0 Å². The summed E-state index contributed by atoms with van der Waals surface area (Å²) in [5.74, 6) is 0.913. The van der Waals surface area contributed by atoms with Crippen molar-refractivity contribution in [2.24, 2.45) is 5.92 Å². The molecule has 21 heavy (non-hydrogen) atoms. The summed E-state index contributed by atoms with van der Waals surface area (Å²) in [5.41, 5.74) is 0. The zero-order chi connectivity index (χ0) is 15.0. The number of nitrogens with zero attached hydrogens (tertiary/aromatic N) is 6. The van der Waals surface area contributed by atoms with Gasteiger partial charge in [0, 0.05) is 25.7 Å². The summed E-state index contributed by atoms with van der Waals surface area (Å²) in [5, 5.41) is 14.3. The van der Waals surface area contributed by atoms with Crippen molar-refractivity contribution >= 4 is 5.91 Å². The van der Waals surface area contributed by atoms with E-state index in [2.05, 4.69) is 51.4 Å². The Balaban J connectivity index is 1.80. The van der Waals surface area contributed by atoms with Crippen molar-refractivity contribution < 1.29 is 4.79 Å². The van der Waals surface area contributed by atoms with Crippen LogP contribution in [0.2, 0.25) is 0 Å². The van der Waals surface area contributed by atoms with Gasteiger partial charge >= 0.3 is 0 Å². The molecule has 1 aromatic heterocycles. The molecule has 1 unspecified atom stereocenters. The van der Waals surface area contributed by atoms with Crippen LogP contribution in [0, 0.1) is 5.92 Å². The van der Waals surface area contributed by atoms with Crippen molar-refractivity contribution in [2.45, 2.75) is 25.4 Å². The summed E-state index contributed by atoms with van der Waals surface area (Å²) < 4.78 is 0. The first-order valence-electron chi connectivity index (χ1n) is 7.50. The lowest BCUT2D eigenvalue weighted by molar-refractivity contribution is -0.141. The average Bonchev–Trinajstić information content (AvgIpc) is 3.10. The third kappa shape index (κ3) is 2.65. The van der Waals surface area contributed by atoms with E-state index in [-0.39, 0.29) is 17.9 Å². The Hall–Kier alpha value is -1.54. The number of likely N-dealkylation sites (tertiary alicyclic amines) is 1. The normalized spacial score (nSPS) is 31.8. The topological polar surface area (TPSA) is 81.2 Å². The lowest BCUT2D eigenvalue weighted by atomic mass is 9.98. The average molecular weight is 293 g/mol. The number of carbonyl (C=O) groups excluding carboxylic acids is 1. The van der Waals surface area contributed by atoms with Crippen LogP contribution in [-0.2, 0) is 4.79 Å². The van der Waals surface area contributed by atoms with Gasteiger partial charge in [-0.05, 0) is 34.0 Å². The van der Waals surface area contributed by atoms with Crippen molar-refractivity contribution in [3.05, 3.63) is 5.82 Å². The van der Waals surface area contributed by atoms with Crippen molar-refractivity contribution in [2.75, 3.05) is 40.3 Å². The van der Waals surface area contributed by atoms with Crippen molar-refractivity contribution in [3.63, 3.8) is 0 Å². The number of hydrogen-bond acceptors (Lipinski definition) is 6. The molecule has 0 saturated carbocycles. The molecule has 2 aliphatic rings. The van der Waals surface area contributed by atoms with Gasteiger partial charge < -0.3 is 14.7 Å². The summed E-state index contributed by atoms with van der Waals surface area (Å²) >= 11 is 0. The Morgan fingerprint density at radius 1 is 1.29 bits per heavy atom. The lowest BCUT2D eigenvalue weighted by Crippen LogP contribution is -2.52. The predicted octanol–water partition coefficient (Wildman–Crippen LogP) is -0.645. The number of rotatable bonds is 2. The van der Waals surface area contributed by atoms with E-state index >= 15 is 0 Å². The van der Waals surface area contributed by atoms with Gasteiger partial charge in [-0.3, -0.25) is 4.79 Å². The molecule has 0 radical (unpaired) electrons. The number of nitrogens with one attached hydrogen (secondary N) is 1. The van der Waals surface area contributed by atoms with E-state index in [4.69, 9.17) is 0 Å². The number of hydrogen-bond donors (Lipinski definition) is 1. The highest BCUT2D eigenvalue weighted by Crippen LogP contribution is 2.29. The number of carbonyl (C=O) groups is 1. The molecular weight excluding hydrogens is 270 g/mol. The minimum atomic E-state index is -0.104. The Morgan fingerprint density at radius 3 is 2.71 bits per heavy atom. The van der Waals surface area contributed by atoms with Gasteiger partial charge in [-0.1, -0.05) is 5.21 Å². The number of H-pyrrole nitrogens is 1. The Morgan fingerprint density at radius 2 is 2.10 bits per heavy atom. The van der Waals surface area contributed by atoms with Gasteiger partial charge in [0.2, 0.25) is 5.91 Å². The molecule has 3 heterocycles. The van der Waals surface area contributed by atoms with Gasteiger partial charge in [0.25, 0.3) is 0 Å². The molecule has 8 heteroatoms. The lowest BCUT2D eigenvalue weighted by Gasteiger charge is -2.40. The molecule has 3 rings (SSSR count). The fourth-order valence-corrected chi connectivity index (χ4v) is 3.35. The van der Waals surface area contributed by atoms with Gasteiger partial charge in [-0.25, -0.2) is 0 Å². The van der Waals surface area contributed by atoms with E-state index in [1.54, 1.807) is 0 Å². The zero-order valence-electron chi connectivity index (χ0n) is 12.9. The van der Waals surface area contributed by atoms with Gasteiger partial charge in [-0.15, -0.1) is 10.2 Å². The van der Waals surface area contributed by atoms with Crippen molar-refractivity contribution in [3.8, 4) is 0 Å². The van der Waals surface area contributed by atoms with Gasteiger partial charge in [0.1, 0.15) is 6.04 Å². The maximum Gasteiger partial charge on any atom is 0.228 e. The van der Waals surface area contributed by atoms with E-state index in [1.807, 2.05) is 4.90 Å². The summed E-state index contributed by atoms with van der Waals surface area (Å²) in [6.45, 7) is 5.48. The molecule has 2 aliphatic heterocycles. The quantitative estimate of drug-likeness (QED) is 0.781. The molecule has 0 spiro atoms. The fourth-order valence-electron chi connectivity index (χ4n) is 3.35. The molecule has 116 valence electrons. The van der Waals surface area contributed by atoms with Crippen LogP contribution in [0.25, 0.3) is 0 Å². The molecule has 2 saturated heterocycles. The van der Waals surface area contributed by atoms with E-state index < -0.39 is 0 Å². The molecule has 2 fully saturated rings. The first kappa shape index (κ1) is 14.4. The van der Waals surface area contributed by atoms with E-state index in [9.17, 15) is 4.79 Å². The van der Waals surface area contributed by atoms with Crippen LogP contribution < -0.4 is 0 Å². The number of amides is 1. The Bertz CT molecular complexity index is 491. The standard InChI is InChI=1S/C13H23N7O/c1-9-10(4-5-19(9)3)13(21)20-7-6-18(2)8-11(20)12-14-16-17-15-12/h9-11H,4-8H2,1-3H3,(H,14,15,16,17)/t9-,10-,11?/m1/s1. The van der Waals surface area contributed by atoms with Crippen molar-refractivity contribution in [1.82, 2.24) is 35.3 Å². The Labute approximate surface area is 124 Å². The monoisotopic (exact) mass is 293 g/mol. The SMILES string of the molecule is C[C@@H]1[C@H](C(=O)N2CCN(C)CC2c2nn[nH]n2)CCN1C. The number of piperazine rings is 1. The first-order chi connectivity index (χ1) is 10.1. The summed E-state index contributed by atoms with van der Waals surface area (Å²) in [4.78, 5) is 19.4. The zero-order valence-corrected chi connectivity index (χ0v) is 12.9. The third-order valence-corrected chi connectivity index (χ3v) is 4.91. The molecule has 3 atom stereocenters. The predicted molar refractivity (Wildman–Crippen MR) is 76.3 cm³/mol. The minimum Gasteiger partial charge on any atom is -0.329 e. The highest BCUT2D eigenvalue weighted by atomic mass is 16.2. The fraction of sp³-hybridized carbons (Fsp3) is 0.846. The van der Waals surface area contributed by atoms with E-state index in [0.717, 1.165) is 32.6 Å². The van der Waals surface area contributed by atoms with Crippen LogP contribution in [0.1, 0.15) is 25.2 Å². The number of likely N-dealkylation sites (N-methyl/N-ethyl adjacent to an activating group) is 1. The Kier molecular flexibility index (Phi) is 3.90. The minimum absolute atomic E-state index is 0.0767. The van der Waals surface area contributed by atoms with Gasteiger partial charge in [0.15, 0.2) is 5.82 Å². The smallest absolute Gasteiger partial charge is 0.228 e. The molecule has 8 nitrogen and oxygen atoms in total. The van der Waals surface area contributed by atoms with Gasteiger partial charge in [0.05, 0.1) is 5.92 Å². The molecule has 1 amide bonds. The van der Waals surface area contributed by atoms with Crippen LogP contribution in [-0.4, -0.2) is 87.5 Å². The van der Waals surface area contributed by atoms with Crippen LogP contribution in [0.3, 0.4) is 0 Å². The second kappa shape index (κ2) is 5.69. The second-order valence-corrected chi connectivity index (χ2v) is 6.20. The van der Waals surface area contributed by atoms with E-state index in [1.165, 1.54) is 0 Å². The molecule has 0 aliphatic carbocycles. The summed E-state index contributed by atoms with van der Waals surface area (Å²) in [6.07, 6.45) is 0.932. The maximum absolute atomic E-state index is 13.0. The van der Waals surface area contributed by atoms with Gasteiger partial charge in [-0.2, -0.15) is 5.21 Å². The van der Waals surface area contributed by atoms with Crippen LogP contribution in [0.15, 0.2) is 0 Å². The third-order valence-electron chi connectivity index (χ3n) is 4.91.